The summed E-state index contributed by atoms with van der Waals surface area (Å²) in [6, 6.07) is 9.06. The number of rotatable bonds is 1. The van der Waals surface area contributed by atoms with E-state index in [2.05, 4.69) is 63.8 Å². The summed E-state index contributed by atoms with van der Waals surface area (Å²) in [5.74, 6) is 0.426. The normalized spacial score (nSPS) is 21.8. The molecule has 2 aliphatic rings. The van der Waals surface area contributed by atoms with Gasteiger partial charge in [-0.2, -0.15) is 0 Å². The molecule has 0 aromatic heterocycles. The molecule has 1 saturated heterocycles. The van der Waals surface area contributed by atoms with Crippen LogP contribution in [0.5, 0.6) is 0 Å². The molecule has 0 N–H and O–H groups in total. The van der Waals surface area contributed by atoms with E-state index in [0.29, 0.717) is 6.54 Å². The number of anilines is 1. The van der Waals surface area contributed by atoms with Crippen LogP contribution in [0, 0.1) is 34.6 Å². The van der Waals surface area contributed by atoms with E-state index in [0.717, 1.165) is 0 Å². The van der Waals surface area contributed by atoms with E-state index in [9.17, 15) is 4.79 Å². The van der Waals surface area contributed by atoms with Gasteiger partial charge in [0, 0.05) is 12.7 Å². The SMILES string of the molecule is Cc1cc(C)c(C2c3c(C)cc(C)cc3N3CC(=O)N(C)[C@@H]23)c(C)c1. The molecular formula is C22H26N2O. The van der Waals surface area contributed by atoms with Gasteiger partial charge in [-0.1, -0.05) is 23.8 Å². The smallest absolute Gasteiger partial charge is 0.243 e. The fourth-order valence-corrected chi connectivity index (χ4v) is 5.06. The Bertz CT molecular complexity index is 876. The number of hydrogen-bond acceptors (Lipinski definition) is 2. The maximum atomic E-state index is 12.5. The van der Waals surface area contributed by atoms with Crippen molar-refractivity contribution in [2.45, 2.75) is 46.7 Å². The van der Waals surface area contributed by atoms with Gasteiger partial charge in [0.1, 0.15) is 6.17 Å². The lowest BCUT2D eigenvalue weighted by molar-refractivity contribution is -0.126. The van der Waals surface area contributed by atoms with Crippen molar-refractivity contribution in [2.24, 2.45) is 0 Å². The van der Waals surface area contributed by atoms with E-state index in [1.807, 2.05) is 11.9 Å². The third kappa shape index (κ3) is 2.21. The zero-order chi connectivity index (χ0) is 18.0. The third-order valence-electron chi connectivity index (χ3n) is 5.89. The molecule has 3 heteroatoms. The number of hydrogen-bond donors (Lipinski definition) is 0. The molecule has 2 aromatic rings. The monoisotopic (exact) mass is 334 g/mol. The van der Waals surface area contributed by atoms with Crippen molar-refractivity contribution < 1.29 is 4.79 Å². The minimum Gasteiger partial charge on any atom is -0.341 e. The number of aryl methyl sites for hydroxylation is 5. The number of amides is 1. The maximum Gasteiger partial charge on any atom is 0.243 e. The van der Waals surface area contributed by atoms with Crippen LogP contribution in [0.2, 0.25) is 0 Å². The second-order valence-corrected chi connectivity index (χ2v) is 7.85. The fourth-order valence-electron chi connectivity index (χ4n) is 5.06. The molecule has 1 fully saturated rings. The summed E-state index contributed by atoms with van der Waals surface area (Å²) in [5.41, 5.74) is 10.5. The predicted octanol–water partition coefficient (Wildman–Crippen LogP) is 3.98. The van der Waals surface area contributed by atoms with Gasteiger partial charge in [-0.25, -0.2) is 0 Å². The lowest BCUT2D eigenvalue weighted by Gasteiger charge is -2.30. The maximum absolute atomic E-state index is 12.5. The van der Waals surface area contributed by atoms with Crippen molar-refractivity contribution in [3.8, 4) is 0 Å². The Labute approximate surface area is 150 Å². The Morgan fingerprint density at radius 3 is 1.96 bits per heavy atom. The van der Waals surface area contributed by atoms with Gasteiger partial charge in [0.05, 0.1) is 12.5 Å². The second-order valence-electron chi connectivity index (χ2n) is 7.85. The molecule has 0 saturated carbocycles. The van der Waals surface area contributed by atoms with Crippen molar-refractivity contribution in [1.82, 2.24) is 4.90 Å². The molecule has 0 spiro atoms. The molecule has 0 radical (unpaired) electrons. The molecule has 1 unspecified atom stereocenters. The topological polar surface area (TPSA) is 23.6 Å². The number of nitrogens with zero attached hydrogens (tertiary/aromatic N) is 2. The van der Waals surface area contributed by atoms with Crippen LogP contribution in [-0.4, -0.2) is 30.6 Å². The first-order chi connectivity index (χ1) is 11.8. The molecule has 2 aromatic carbocycles. The van der Waals surface area contributed by atoms with Crippen LogP contribution in [0.4, 0.5) is 5.69 Å². The molecule has 2 heterocycles. The van der Waals surface area contributed by atoms with Crippen LogP contribution in [0.1, 0.15) is 44.9 Å². The molecular weight excluding hydrogens is 308 g/mol. The molecule has 3 nitrogen and oxygen atoms in total. The summed E-state index contributed by atoms with van der Waals surface area (Å²) in [7, 11) is 1.95. The number of fused-ring (bicyclic) bond motifs is 3. The Kier molecular flexibility index (Phi) is 3.47. The molecule has 1 amide bonds. The molecule has 25 heavy (non-hydrogen) atoms. The molecule has 0 bridgehead atoms. The second kappa shape index (κ2) is 5.35. The van der Waals surface area contributed by atoms with Gasteiger partial charge < -0.3 is 9.80 Å². The first kappa shape index (κ1) is 16.2. The zero-order valence-corrected chi connectivity index (χ0v) is 16.0. The molecule has 0 aliphatic carbocycles. The number of benzene rings is 2. The van der Waals surface area contributed by atoms with Crippen LogP contribution in [0.15, 0.2) is 24.3 Å². The van der Waals surface area contributed by atoms with E-state index >= 15 is 0 Å². The first-order valence-corrected chi connectivity index (χ1v) is 9.00. The highest BCUT2D eigenvalue weighted by atomic mass is 16.2. The standard InChI is InChI=1S/C22H26N2O/c1-12-7-14(3)19(15(4)8-12)21-20-16(5)9-13(2)10-17(20)24-11-18(25)23(6)22(21)24/h7-10,21-22H,11H2,1-6H3/t21?,22-/m1/s1. The third-order valence-corrected chi connectivity index (χ3v) is 5.89. The van der Waals surface area contributed by atoms with E-state index in [-0.39, 0.29) is 18.0 Å². The van der Waals surface area contributed by atoms with Crippen LogP contribution in [0.3, 0.4) is 0 Å². The highest BCUT2D eigenvalue weighted by molar-refractivity contribution is 5.89. The van der Waals surface area contributed by atoms with Crippen molar-refractivity contribution in [1.29, 1.82) is 0 Å². The van der Waals surface area contributed by atoms with Crippen LogP contribution in [0.25, 0.3) is 0 Å². The summed E-state index contributed by atoms with van der Waals surface area (Å²) in [4.78, 5) is 16.7. The fraction of sp³-hybridized carbons (Fsp3) is 0.409. The molecule has 2 atom stereocenters. The van der Waals surface area contributed by atoms with Crippen molar-refractivity contribution in [3.05, 3.63) is 63.2 Å². The van der Waals surface area contributed by atoms with Crippen molar-refractivity contribution in [3.63, 3.8) is 0 Å². The van der Waals surface area contributed by atoms with Gasteiger partial charge in [0.2, 0.25) is 5.91 Å². The van der Waals surface area contributed by atoms with E-state index in [4.69, 9.17) is 0 Å². The minimum absolute atomic E-state index is 0.0862. The van der Waals surface area contributed by atoms with Gasteiger partial charge in [-0.3, -0.25) is 4.79 Å². The summed E-state index contributed by atoms with van der Waals surface area (Å²) in [5, 5.41) is 0. The minimum atomic E-state index is 0.0862. The Morgan fingerprint density at radius 2 is 1.36 bits per heavy atom. The van der Waals surface area contributed by atoms with Crippen LogP contribution < -0.4 is 4.90 Å². The van der Waals surface area contributed by atoms with Gasteiger partial charge in [-0.15, -0.1) is 0 Å². The zero-order valence-electron chi connectivity index (χ0n) is 16.0. The van der Waals surface area contributed by atoms with Crippen molar-refractivity contribution >= 4 is 11.6 Å². The Hall–Kier alpha value is -2.29. The highest BCUT2D eigenvalue weighted by Crippen LogP contribution is 2.50. The molecule has 2 aliphatic heterocycles. The first-order valence-electron chi connectivity index (χ1n) is 9.00. The highest BCUT2D eigenvalue weighted by Gasteiger charge is 2.49. The lowest BCUT2D eigenvalue weighted by Crippen LogP contribution is -2.38. The van der Waals surface area contributed by atoms with E-state index < -0.39 is 0 Å². The average Bonchev–Trinajstić information content (AvgIpc) is 2.95. The van der Waals surface area contributed by atoms with E-state index in [1.165, 1.54) is 44.6 Å². The molecule has 130 valence electrons. The Balaban J connectivity index is 2.01. The number of carbonyl (C=O) groups excluding carboxylic acids is 1. The molecule has 4 rings (SSSR count). The van der Waals surface area contributed by atoms with E-state index in [1.54, 1.807) is 0 Å². The van der Waals surface area contributed by atoms with Gasteiger partial charge in [-0.05, 0) is 74.1 Å². The quantitative estimate of drug-likeness (QED) is 0.787. The van der Waals surface area contributed by atoms with Crippen LogP contribution >= 0.6 is 0 Å². The Morgan fingerprint density at radius 1 is 0.840 bits per heavy atom. The summed E-state index contributed by atoms with van der Waals surface area (Å²) >= 11 is 0. The van der Waals surface area contributed by atoms with Crippen molar-refractivity contribution in [2.75, 3.05) is 18.5 Å². The summed E-state index contributed by atoms with van der Waals surface area (Å²) in [6.07, 6.45) is 0.0862. The number of likely N-dealkylation sites (N-methyl/N-ethyl adjacent to an activating group) is 1. The largest absolute Gasteiger partial charge is 0.341 e. The lowest BCUT2D eigenvalue weighted by atomic mass is 9.82. The van der Waals surface area contributed by atoms with Crippen LogP contribution in [-0.2, 0) is 4.79 Å². The summed E-state index contributed by atoms with van der Waals surface area (Å²) in [6.45, 7) is 11.4. The van der Waals surface area contributed by atoms with Gasteiger partial charge in [0.25, 0.3) is 0 Å². The number of carbonyl (C=O) groups is 1. The average molecular weight is 334 g/mol. The summed E-state index contributed by atoms with van der Waals surface area (Å²) < 4.78 is 0. The predicted molar refractivity (Wildman–Crippen MR) is 102 cm³/mol. The van der Waals surface area contributed by atoms with Gasteiger partial charge in [0.15, 0.2) is 0 Å². The van der Waals surface area contributed by atoms with Gasteiger partial charge >= 0.3 is 0 Å².